The fourth-order valence-electron chi connectivity index (χ4n) is 2.91. The second kappa shape index (κ2) is 7.38. The number of benzene rings is 1. The Labute approximate surface area is 151 Å². The SMILES string of the molecule is Cc1cc(C)n(-c2cccc(NC(=O)CCCN3C(=O)CNC3=O)c2)n1. The van der Waals surface area contributed by atoms with Gasteiger partial charge in [-0.15, -0.1) is 0 Å². The minimum absolute atomic E-state index is 0.0319. The lowest BCUT2D eigenvalue weighted by Gasteiger charge is -2.12. The average Bonchev–Trinajstić information content (AvgIpc) is 3.10. The number of hydrogen-bond donors (Lipinski definition) is 2. The molecule has 8 heteroatoms. The molecule has 2 N–H and O–H groups in total. The van der Waals surface area contributed by atoms with Gasteiger partial charge < -0.3 is 10.6 Å². The predicted octanol–water partition coefficient (Wildman–Crippen LogP) is 1.76. The molecule has 0 aliphatic carbocycles. The lowest BCUT2D eigenvalue weighted by atomic mass is 10.2. The first-order valence-electron chi connectivity index (χ1n) is 8.46. The van der Waals surface area contributed by atoms with Crippen LogP contribution in [0.4, 0.5) is 10.5 Å². The molecule has 1 aliphatic heterocycles. The van der Waals surface area contributed by atoms with Crippen LogP contribution in [-0.4, -0.2) is 45.6 Å². The molecule has 4 amide bonds. The van der Waals surface area contributed by atoms with Crippen molar-refractivity contribution in [1.29, 1.82) is 0 Å². The Morgan fingerprint density at radius 2 is 2.08 bits per heavy atom. The number of aryl methyl sites for hydroxylation is 2. The summed E-state index contributed by atoms with van der Waals surface area (Å²) in [6, 6.07) is 9.04. The highest BCUT2D eigenvalue weighted by atomic mass is 16.2. The normalized spacial score (nSPS) is 13.8. The van der Waals surface area contributed by atoms with Crippen LogP contribution in [-0.2, 0) is 9.59 Å². The average molecular weight is 355 g/mol. The van der Waals surface area contributed by atoms with Gasteiger partial charge in [-0.1, -0.05) is 6.07 Å². The standard InChI is InChI=1S/C18H21N5O3/c1-12-9-13(2)23(21-12)15-6-3-5-14(10-15)20-16(24)7-4-8-22-17(25)11-19-18(22)26/h3,5-6,9-10H,4,7-8,11H2,1-2H3,(H,19,26)(H,20,24). The van der Waals surface area contributed by atoms with E-state index in [-0.39, 0.29) is 31.3 Å². The Bertz CT molecular complexity index is 842. The monoisotopic (exact) mass is 355 g/mol. The van der Waals surface area contributed by atoms with Gasteiger partial charge in [-0.25, -0.2) is 9.48 Å². The van der Waals surface area contributed by atoms with E-state index in [2.05, 4.69) is 15.7 Å². The van der Waals surface area contributed by atoms with E-state index < -0.39 is 6.03 Å². The number of nitrogens with one attached hydrogen (secondary N) is 2. The fourth-order valence-corrected chi connectivity index (χ4v) is 2.91. The van der Waals surface area contributed by atoms with E-state index in [4.69, 9.17) is 0 Å². The molecule has 26 heavy (non-hydrogen) atoms. The zero-order valence-electron chi connectivity index (χ0n) is 14.8. The van der Waals surface area contributed by atoms with E-state index in [1.807, 2.05) is 48.9 Å². The summed E-state index contributed by atoms with van der Waals surface area (Å²) in [5.74, 6) is -0.421. The summed E-state index contributed by atoms with van der Waals surface area (Å²) in [6.45, 7) is 4.18. The maximum absolute atomic E-state index is 12.1. The number of carbonyl (C=O) groups is 3. The second-order valence-electron chi connectivity index (χ2n) is 6.25. The minimum atomic E-state index is -0.395. The third-order valence-corrected chi connectivity index (χ3v) is 4.11. The summed E-state index contributed by atoms with van der Waals surface area (Å²) >= 11 is 0. The minimum Gasteiger partial charge on any atom is -0.329 e. The number of imide groups is 1. The van der Waals surface area contributed by atoms with Crippen molar-refractivity contribution in [3.05, 3.63) is 41.7 Å². The van der Waals surface area contributed by atoms with Gasteiger partial charge in [0.2, 0.25) is 11.8 Å². The van der Waals surface area contributed by atoms with E-state index in [0.717, 1.165) is 22.0 Å². The Balaban J connectivity index is 1.56. The molecular formula is C18H21N5O3. The van der Waals surface area contributed by atoms with Gasteiger partial charge in [0.05, 0.1) is 17.9 Å². The molecule has 1 aromatic heterocycles. The molecule has 8 nitrogen and oxygen atoms in total. The Kier molecular flexibility index (Phi) is 5.01. The van der Waals surface area contributed by atoms with Crippen molar-refractivity contribution in [2.24, 2.45) is 0 Å². The number of amides is 4. The van der Waals surface area contributed by atoms with Crippen molar-refractivity contribution in [3.8, 4) is 5.69 Å². The van der Waals surface area contributed by atoms with Crippen molar-refractivity contribution in [1.82, 2.24) is 20.0 Å². The van der Waals surface area contributed by atoms with E-state index in [9.17, 15) is 14.4 Å². The van der Waals surface area contributed by atoms with Crippen molar-refractivity contribution in [2.75, 3.05) is 18.4 Å². The topological polar surface area (TPSA) is 96.3 Å². The van der Waals surface area contributed by atoms with Gasteiger partial charge in [-0.05, 0) is 44.5 Å². The zero-order chi connectivity index (χ0) is 18.7. The van der Waals surface area contributed by atoms with Gasteiger partial charge in [0, 0.05) is 24.3 Å². The summed E-state index contributed by atoms with van der Waals surface area (Å²) in [5.41, 5.74) is 3.49. The van der Waals surface area contributed by atoms with Crippen LogP contribution in [0.25, 0.3) is 5.69 Å². The fraction of sp³-hybridized carbons (Fsp3) is 0.333. The molecular weight excluding hydrogens is 334 g/mol. The van der Waals surface area contributed by atoms with Crippen LogP contribution in [0.5, 0.6) is 0 Å². The molecule has 1 fully saturated rings. The first kappa shape index (κ1) is 17.7. The van der Waals surface area contributed by atoms with Gasteiger partial charge in [0.25, 0.3) is 0 Å². The highest BCUT2D eigenvalue weighted by Crippen LogP contribution is 2.17. The van der Waals surface area contributed by atoms with Crippen LogP contribution < -0.4 is 10.6 Å². The van der Waals surface area contributed by atoms with Gasteiger partial charge >= 0.3 is 6.03 Å². The summed E-state index contributed by atoms with van der Waals surface area (Å²) in [5, 5.41) is 9.73. The molecule has 0 unspecified atom stereocenters. The van der Waals surface area contributed by atoms with Crippen molar-refractivity contribution in [2.45, 2.75) is 26.7 Å². The van der Waals surface area contributed by atoms with Crippen LogP contribution in [0.1, 0.15) is 24.2 Å². The second-order valence-corrected chi connectivity index (χ2v) is 6.25. The summed E-state index contributed by atoms with van der Waals surface area (Å²) < 4.78 is 1.82. The molecule has 2 heterocycles. The number of rotatable bonds is 6. The Morgan fingerprint density at radius 3 is 2.73 bits per heavy atom. The molecule has 1 saturated heterocycles. The Hall–Kier alpha value is -3.16. The maximum atomic E-state index is 12.1. The molecule has 1 aromatic carbocycles. The summed E-state index contributed by atoms with van der Waals surface area (Å²) in [7, 11) is 0. The van der Waals surface area contributed by atoms with Gasteiger partial charge in [-0.2, -0.15) is 5.10 Å². The molecule has 0 bridgehead atoms. The maximum Gasteiger partial charge on any atom is 0.324 e. The van der Waals surface area contributed by atoms with Gasteiger partial charge in [0.15, 0.2) is 0 Å². The highest BCUT2D eigenvalue weighted by Gasteiger charge is 2.27. The van der Waals surface area contributed by atoms with E-state index >= 15 is 0 Å². The van der Waals surface area contributed by atoms with Crippen molar-refractivity contribution in [3.63, 3.8) is 0 Å². The number of urea groups is 1. The lowest BCUT2D eigenvalue weighted by molar-refractivity contribution is -0.125. The molecule has 0 atom stereocenters. The lowest BCUT2D eigenvalue weighted by Crippen LogP contribution is -2.32. The van der Waals surface area contributed by atoms with Crippen molar-refractivity contribution < 1.29 is 14.4 Å². The number of anilines is 1. The first-order chi connectivity index (χ1) is 12.4. The van der Waals surface area contributed by atoms with Crippen LogP contribution in [0.15, 0.2) is 30.3 Å². The van der Waals surface area contributed by atoms with Crippen molar-refractivity contribution >= 4 is 23.5 Å². The van der Waals surface area contributed by atoms with E-state index in [0.29, 0.717) is 12.1 Å². The molecule has 0 saturated carbocycles. The van der Waals surface area contributed by atoms with Crippen LogP contribution in [0.3, 0.4) is 0 Å². The molecule has 0 spiro atoms. The molecule has 0 radical (unpaired) electrons. The predicted molar refractivity (Wildman–Crippen MR) is 96.0 cm³/mol. The van der Waals surface area contributed by atoms with E-state index in [1.54, 1.807) is 0 Å². The zero-order valence-corrected chi connectivity index (χ0v) is 14.8. The molecule has 136 valence electrons. The van der Waals surface area contributed by atoms with Crippen LogP contribution >= 0.6 is 0 Å². The molecule has 1 aliphatic rings. The Morgan fingerprint density at radius 1 is 1.27 bits per heavy atom. The van der Waals surface area contributed by atoms with E-state index in [1.165, 1.54) is 0 Å². The van der Waals surface area contributed by atoms with Crippen LogP contribution in [0, 0.1) is 13.8 Å². The smallest absolute Gasteiger partial charge is 0.324 e. The first-order valence-corrected chi connectivity index (χ1v) is 8.46. The summed E-state index contributed by atoms with van der Waals surface area (Å²) in [6.07, 6.45) is 0.642. The number of nitrogens with zero attached hydrogens (tertiary/aromatic N) is 3. The number of carbonyl (C=O) groups excluding carboxylic acids is 3. The largest absolute Gasteiger partial charge is 0.329 e. The highest BCUT2D eigenvalue weighted by molar-refractivity contribution is 6.02. The number of aromatic nitrogens is 2. The quantitative estimate of drug-likeness (QED) is 0.772. The third kappa shape index (κ3) is 3.90. The van der Waals surface area contributed by atoms with Gasteiger partial charge in [-0.3, -0.25) is 14.5 Å². The molecule has 2 aromatic rings. The van der Waals surface area contributed by atoms with Gasteiger partial charge in [0.1, 0.15) is 0 Å². The number of hydrogen-bond acceptors (Lipinski definition) is 4. The molecule has 3 rings (SSSR count). The third-order valence-electron chi connectivity index (χ3n) is 4.11. The van der Waals surface area contributed by atoms with Crippen LogP contribution in [0.2, 0.25) is 0 Å². The summed E-state index contributed by atoms with van der Waals surface area (Å²) in [4.78, 5) is 36.2.